The van der Waals surface area contributed by atoms with Gasteiger partial charge in [-0.3, -0.25) is 5.43 Å². The summed E-state index contributed by atoms with van der Waals surface area (Å²) < 4.78 is 0. The molecule has 6 nitrogen and oxygen atoms in total. The number of carbonyl (C=O) groups is 2. The molecule has 102 valence electrons. The molecule has 2 aliphatic rings. The molecule has 2 rings (SSSR count). The number of likely N-dealkylation sites (tertiary alicyclic amines) is 1. The zero-order valence-electron chi connectivity index (χ0n) is 10.9. The second kappa shape index (κ2) is 5.14. The number of fused-ring (bicyclic) bond motifs is 1. The highest BCUT2D eigenvalue weighted by Crippen LogP contribution is 2.39. The van der Waals surface area contributed by atoms with E-state index in [1.165, 1.54) is 0 Å². The molecule has 3 unspecified atom stereocenters. The molecular weight excluding hydrogens is 234 g/mol. The van der Waals surface area contributed by atoms with Crippen molar-refractivity contribution in [1.82, 2.24) is 15.3 Å². The summed E-state index contributed by atoms with van der Waals surface area (Å²) in [6.07, 6.45) is 4.80. The topological polar surface area (TPSA) is 72.9 Å². The van der Waals surface area contributed by atoms with Crippen LogP contribution in [0.25, 0.3) is 0 Å². The Morgan fingerprint density at radius 3 is 2.56 bits per heavy atom. The smallest absolute Gasteiger partial charge is 0.332 e. The van der Waals surface area contributed by atoms with Gasteiger partial charge in [0.2, 0.25) is 0 Å². The van der Waals surface area contributed by atoms with E-state index in [-0.39, 0.29) is 12.1 Å². The van der Waals surface area contributed by atoms with Gasteiger partial charge in [0.1, 0.15) is 6.04 Å². The van der Waals surface area contributed by atoms with Crippen molar-refractivity contribution in [3.05, 3.63) is 0 Å². The Hall–Kier alpha value is -1.30. The maximum atomic E-state index is 12.1. The highest BCUT2D eigenvalue weighted by atomic mass is 16.4. The molecule has 1 saturated carbocycles. The third-order valence-electron chi connectivity index (χ3n) is 3.93. The van der Waals surface area contributed by atoms with Crippen LogP contribution < -0.4 is 5.43 Å². The lowest BCUT2D eigenvalue weighted by Crippen LogP contribution is -2.53. The molecule has 0 aromatic carbocycles. The Morgan fingerprint density at radius 2 is 1.94 bits per heavy atom. The lowest BCUT2D eigenvalue weighted by molar-refractivity contribution is -0.141. The normalized spacial score (nSPS) is 31.3. The van der Waals surface area contributed by atoms with Crippen molar-refractivity contribution in [3.63, 3.8) is 0 Å². The second-order valence-electron chi connectivity index (χ2n) is 5.42. The molecule has 1 heterocycles. The lowest BCUT2D eigenvalue weighted by Gasteiger charge is -2.33. The lowest BCUT2D eigenvalue weighted by atomic mass is 9.85. The number of hydrogen-bond acceptors (Lipinski definition) is 3. The van der Waals surface area contributed by atoms with Gasteiger partial charge in [0.25, 0.3) is 0 Å². The van der Waals surface area contributed by atoms with E-state index in [1.54, 1.807) is 24.0 Å². The van der Waals surface area contributed by atoms with Gasteiger partial charge in [0.15, 0.2) is 0 Å². The highest BCUT2D eigenvalue weighted by Gasteiger charge is 2.47. The van der Waals surface area contributed by atoms with Crippen molar-refractivity contribution in [3.8, 4) is 0 Å². The SMILES string of the molecule is CN(C)NC(=O)N1C(C(=O)O)CC2CCCCC21. The Labute approximate surface area is 107 Å². The number of carboxylic acids is 1. The minimum absolute atomic E-state index is 0.0970. The first-order chi connectivity index (χ1) is 8.50. The number of aliphatic carboxylic acids is 1. The summed E-state index contributed by atoms with van der Waals surface area (Å²) in [7, 11) is 3.45. The van der Waals surface area contributed by atoms with Crippen LogP contribution in [-0.4, -0.2) is 53.2 Å². The van der Waals surface area contributed by atoms with E-state index < -0.39 is 12.0 Å². The van der Waals surface area contributed by atoms with Crippen molar-refractivity contribution < 1.29 is 14.7 Å². The molecule has 2 fully saturated rings. The number of urea groups is 1. The first-order valence-electron chi connectivity index (χ1n) is 6.49. The van der Waals surface area contributed by atoms with E-state index >= 15 is 0 Å². The van der Waals surface area contributed by atoms with Crippen LogP contribution in [0.5, 0.6) is 0 Å². The molecule has 6 heteroatoms. The summed E-state index contributed by atoms with van der Waals surface area (Å²) in [4.78, 5) is 25.0. The van der Waals surface area contributed by atoms with E-state index in [0.29, 0.717) is 12.3 Å². The first-order valence-corrected chi connectivity index (χ1v) is 6.49. The van der Waals surface area contributed by atoms with Crippen LogP contribution in [0.15, 0.2) is 0 Å². The van der Waals surface area contributed by atoms with E-state index in [0.717, 1.165) is 25.7 Å². The van der Waals surface area contributed by atoms with Crippen LogP contribution in [-0.2, 0) is 4.79 Å². The molecule has 1 aliphatic heterocycles. The summed E-state index contributed by atoms with van der Waals surface area (Å²) in [5.41, 5.74) is 2.66. The Kier molecular flexibility index (Phi) is 3.75. The van der Waals surface area contributed by atoms with Gasteiger partial charge in [-0.2, -0.15) is 0 Å². The van der Waals surface area contributed by atoms with Crippen molar-refractivity contribution >= 4 is 12.0 Å². The highest BCUT2D eigenvalue weighted by molar-refractivity contribution is 5.83. The maximum Gasteiger partial charge on any atom is 0.332 e. The van der Waals surface area contributed by atoms with Gasteiger partial charge in [-0.05, 0) is 25.2 Å². The van der Waals surface area contributed by atoms with E-state index in [1.807, 2.05) is 0 Å². The van der Waals surface area contributed by atoms with Gasteiger partial charge < -0.3 is 10.0 Å². The van der Waals surface area contributed by atoms with Crippen LogP contribution in [0, 0.1) is 5.92 Å². The van der Waals surface area contributed by atoms with Gasteiger partial charge in [-0.25, -0.2) is 14.6 Å². The fourth-order valence-electron chi connectivity index (χ4n) is 3.22. The molecule has 18 heavy (non-hydrogen) atoms. The molecule has 0 bridgehead atoms. The predicted molar refractivity (Wildman–Crippen MR) is 65.8 cm³/mol. The average Bonchev–Trinajstić information content (AvgIpc) is 2.67. The largest absolute Gasteiger partial charge is 0.480 e. The molecular formula is C12H21N3O3. The molecule has 1 aliphatic carbocycles. The molecule has 0 aromatic rings. The molecule has 2 N–H and O–H groups in total. The van der Waals surface area contributed by atoms with Gasteiger partial charge in [0, 0.05) is 20.1 Å². The monoisotopic (exact) mass is 255 g/mol. The molecule has 3 atom stereocenters. The van der Waals surface area contributed by atoms with Crippen LogP contribution in [0.3, 0.4) is 0 Å². The van der Waals surface area contributed by atoms with Gasteiger partial charge in [-0.1, -0.05) is 12.8 Å². The third kappa shape index (κ3) is 2.43. The van der Waals surface area contributed by atoms with Gasteiger partial charge in [0.05, 0.1) is 0 Å². The standard InChI is InChI=1S/C12H21N3O3/c1-14(2)13-12(18)15-9-6-4-3-5-8(9)7-10(15)11(16)17/h8-10H,3-7H2,1-2H3,(H,13,18)(H,16,17). The molecule has 0 radical (unpaired) electrons. The predicted octanol–water partition coefficient (Wildman–Crippen LogP) is 0.890. The van der Waals surface area contributed by atoms with Crippen LogP contribution in [0.2, 0.25) is 0 Å². The van der Waals surface area contributed by atoms with Crippen molar-refractivity contribution in [2.75, 3.05) is 14.1 Å². The summed E-state index contributed by atoms with van der Waals surface area (Å²) in [5.74, 6) is -0.536. The Bertz CT molecular complexity index is 345. The number of nitrogens with one attached hydrogen (secondary N) is 1. The van der Waals surface area contributed by atoms with E-state index in [2.05, 4.69) is 5.43 Å². The average molecular weight is 255 g/mol. The number of hydrazine groups is 1. The summed E-state index contributed by atoms with van der Waals surface area (Å²) >= 11 is 0. The Balaban J connectivity index is 2.16. The zero-order valence-corrected chi connectivity index (χ0v) is 10.9. The molecule has 1 saturated heterocycles. The van der Waals surface area contributed by atoms with Crippen LogP contribution in [0.1, 0.15) is 32.1 Å². The molecule has 0 spiro atoms. The third-order valence-corrected chi connectivity index (χ3v) is 3.93. The molecule has 0 aromatic heterocycles. The number of amides is 2. The summed E-state index contributed by atoms with van der Waals surface area (Å²) in [6.45, 7) is 0. The minimum atomic E-state index is -0.890. The van der Waals surface area contributed by atoms with Crippen molar-refractivity contribution in [2.45, 2.75) is 44.2 Å². The fraction of sp³-hybridized carbons (Fsp3) is 0.833. The second-order valence-corrected chi connectivity index (χ2v) is 5.42. The first kappa shape index (κ1) is 13.1. The number of nitrogens with zero attached hydrogens (tertiary/aromatic N) is 2. The fourth-order valence-corrected chi connectivity index (χ4v) is 3.22. The zero-order chi connectivity index (χ0) is 13.3. The van der Waals surface area contributed by atoms with Crippen molar-refractivity contribution in [1.29, 1.82) is 0 Å². The van der Waals surface area contributed by atoms with Crippen LogP contribution in [0.4, 0.5) is 4.79 Å². The quantitative estimate of drug-likeness (QED) is 0.719. The summed E-state index contributed by atoms with van der Waals surface area (Å²) in [6, 6.07) is -0.861. The van der Waals surface area contributed by atoms with E-state index in [9.17, 15) is 14.7 Å². The van der Waals surface area contributed by atoms with E-state index in [4.69, 9.17) is 0 Å². The number of rotatable bonds is 2. The van der Waals surface area contributed by atoms with Gasteiger partial charge in [-0.15, -0.1) is 0 Å². The van der Waals surface area contributed by atoms with Crippen LogP contribution >= 0.6 is 0 Å². The number of hydrogen-bond donors (Lipinski definition) is 2. The summed E-state index contributed by atoms with van der Waals surface area (Å²) in [5, 5.41) is 10.8. The van der Waals surface area contributed by atoms with Gasteiger partial charge >= 0.3 is 12.0 Å². The number of carboxylic acid groups (broad SMARTS) is 1. The maximum absolute atomic E-state index is 12.1. The Morgan fingerprint density at radius 1 is 1.28 bits per heavy atom. The minimum Gasteiger partial charge on any atom is -0.480 e. The molecule has 2 amide bonds. The van der Waals surface area contributed by atoms with Crippen molar-refractivity contribution in [2.24, 2.45) is 5.92 Å². The number of carbonyl (C=O) groups excluding carboxylic acids is 1.